The Kier molecular flexibility index (Phi) is 40.6. The van der Waals surface area contributed by atoms with Crippen LogP contribution in [0.4, 0.5) is 0 Å². The SMILES string of the molecule is CC/C=C\C/C=C\C/C=C\C/C=C\C/C=C\C/C=C\C/C=C\C/C=C\C/C=C\CCCCCCCC(=O)NC(COP(=O)(O)OCC[N+](C)(C)C)C(O)/C=C/CC/C=C/CCC. The minimum absolute atomic E-state index is 0.0433. The number of likely N-dealkylation sites (N-methyl/N-ethyl adjacent to an activating group) is 1. The van der Waals surface area contributed by atoms with Crippen LogP contribution in [0.5, 0.6) is 0 Å². The molecule has 0 aromatic rings. The van der Waals surface area contributed by atoms with Gasteiger partial charge < -0.3 is 19.8 Å². The lowest BCUT2D eigenvalue weighted by Gasteiger charge is -2.25. The van der Waals surface area contributed by atoms with Gasteiger partial charge in [-0.05, 0) is 96.3 Å². The highest BCUT2D eigenvalue weighted by Gasteiger charge is 2.27. The normalized spacial score (nSPS) is 15.4. The zero-order valence-corrected chi connectivity index (χ0v) is 40.4. The van der Waals surface area contributed by atoms with Gasteiger partial charge in [-0.2, -0.15) is 0 Å². The summed E-state index contributed by atoms with van der Waals surface area (Å²) in [5.74, 6) is -0.219. The molecule has 3 unspecified atom stereocenters. The van der Waals surface area contributed by atoms with Crippen molar-refractivity contribution in [3.63, 3.8) is 0 Å². The summed E-state index contributed by atoms with van der Waals surface area (Å²) >= 11 is 0. The lowest BCUT2D eigenvalue weighted by molar-refractivity contribution is -0.870. The first kappa shape index (κ1) is 58.6. The summed E-state index contributed by atoms with van der Waals surface area (Å²) in [7, 11) is 1.51. The van der Waals surface area contributed by atoms with E-state index in [9.17, 15) is 19.4 Å². The maximum Gasteiger partial charge on any atom is 0.472 e. The van der Waals surface area contributed by atoms with E-state index in [1.165, 1.54) is 0 Å². The fourth-order valence-electron chi connectivity index (χ4n) is 5.64. The molecule has 0 heterocycles. The lowest BCUT2D eigenvalue weighted by Crippen LogP contribution is -2.45. The molecular weight excluding hydrogens is 792 g/mol. The number of phosphoric ester groups is 1. The van der Waals surface area contributed by atoms with Crippen LogP contribution < -0.4 is 5.32 Å². The van der Waals surface area contributed by atoms with E-state index in [1.54, 1.807) is 6.08 Å². The molecule has 0 rings (SSSR count). The van der Waals surface area contributed by atoms with Gasteiger partial charge in [-0.3, -0.25) is 13.8 Å². The van der Waals surface area contributed by atoms with Gasteiger partial charge in [0.2, 0.25) is 5.91 Å². The van der Waals surface area contributed by atoms with Crippen LogP contribution in [0.15, 0.2) is 134 Å². The Hall–Kier alpha value is -3.36. The van der Waals surface area contributed by atoms with Gasteiger partial charge >= 0.3 is 7.82 Å². The molecule has 8 nitrogen and oxygen atoms in total. The highest BCUT2D eigenvalue weighted by molar-refractivity contribution is 7.47. The molecule has 0 aromatic carbocycles. The first-order valence-corrected chi connectivity index (χ1v) is 25.1. The smallest absolute Gasteiger partial charge is 0.387 e. The number of allylic oxidation sites excluding steroid dienone is 21. The third-order valence-corrected chi connectivity index (χ3v) is 10.3. The molecule has 3 atom stereocenters. The molecule has 0 aromatic heterocycles. The summed E-state index contributed by atoms with van der Waals surface area (Å²) < 4.78 is 23.4. The van der Waals surface area contributed by atoms with Crippen LogP contribution in [0, 0.1) is 0 Å². The summed E-state index contributed by atoms with van der Waals surface area (Å²) in [6.45, 7) is 4.51. The Balaban J connectivity index is 4.18. The molecule has 1 amide bonds. The largest absolute Gasteiger partial charge is 0.472 e. The summed E-state index contributed by atoms with van der Waals surface area (Å²) in [6, 6.07) is -0.881. The fourth-order valence-corrected chi connectivity index (χ4v) is 6.38. The third kappa shape index (κ3) is 44.7. The van der Waals surface area contributed by atoms with E-state index in [0.29, 0.717) is 17.4 Å². The van der Waals surface area contributed by atoms with Crippen LogP contribution >= 0.6 is 7.82 Å². The monoisotopic (exact) mass is 880 g/mol. The molecule has 62 heavy (non-hydrogen) atoms. The molecule has 0 bridgehead atoms. The van der Waals surface area contributed by atoms with Crippen molar-refractivity contribution in [3.8, 4) is 0 Å². The number of nitrogens with zero attached hydrogens (tertiary/aromatic N) is 1. The zero-order valence-electron chi connectivity index (χ0n) is 39.5. The van der Waals surface area contributed by atoms with Crippen molar-refractivity contribution in [3.05, 3.63) is 134 Å². The number of quaternary nitrogens is 1. The number of amides is 1. The molecule has 0 aliphatic heterocycles. The first-order chi connectivity index (χ1) is 30.0. The minimum atomic E-state index is -4.35. The van der Waals surface area contributed by atoms with Crippen LogP contribution in [0.1, 0.15) is 142 Å². The molecular formula is C53H88N2O6P+. The van der Waals surface area contributed by atoms with Crippen molar-refractivity contribution in [2.24, 2.45) is 0 Å². The van der Waals surface area contributed by atoms with E-state index < -0.39 is 20.0 Å². The van der Waals surface area contributed by atoms with E-state index in [-0.39, 0.29) is 19.1 Å². The number of unbranched alkanes of at least 4 members (excludes halogenated alkanes) is 7. The average Bonchev–Trinajstić information content (AvgIpc) is 3.23. The maximum atomic E-state index is 12.8. The number of rotatable bonds is 40. The molecule has 0 fully saturated rings. The van der Waals surface area contributed by atoms with Crippen LogP contribution in [0.3, 0.4) is 0 Å². The summed E-state index contributed by atoms with van der Waals surface area (Å²) in [4.78, 5) is 23.0. The molecule has 0 saturated carbocycles. The van der Waals surface area contributed by atoms with Crippen molar-refractivity contribution < 1.29 is 32.9 Å². The van der Waals surface area contributed by atoms with E-state index in [2.05, 4.69) is 141 Å². The van der Waals surface area contributed by atoms with Crippen molar-refractivity contribution in [2.45, 2.75) is 154 Å². The molecule has 350 valence electrons. The van der Waals surface area contributed by atoms with Crippen LogP contribution in [0.25, 0.3) is 0 Å². The lowest BCUT2D eigenvalue weighted by atomic mass is 10.1. The number of nitrogens with one attached hydrogen (secondary N) is 1. The number of aliphatic hydroxyl groups is 1. The Morgan fingerprint density at radius 3 is 1.47 bits per heavy atom. The molecule has 0 saturated heterocycles. The van der Waals surface area contributed by atoms with Crippen molar-refractivity contribution in [2.75, 3.05) is 40.9 Å². The highest BCUT2D eigenvalue weighted by Crippen LogP contribution is 2.43. The number of carbonyl (C=O) groups is 1. The second kappa shape index (κ2) is 42.9. The summed E-state index contributed by atoms with van der Waals surface area (Å²) in [5.41, 5.74) is 0. The van der Waals surface area contributed by atoms with Crippen molar-refractivity contribution in [1.29, 1.82) is 0 Å². The quantitative estimate of drug-likeness (QED) is 0.0245. The first-order valence-electron chi connectivity index (χ1n) is 23.6. The average molecular weight is 880 g/mol. The molecule has 3 N–H and O–H groups in total. The van der Waals surface area contributed by atoms with Gasteiger partial charge in [0.1, 0.15) is 13.2 Å². The highest BCUT2D eigenvalue weighted by atomic mass is 31.2. The number of hydrogen-bond donors (Lipinski definition) is 3. The van der Waals surface area contributed by atoms with E-state index in [4.69, 9.17) is 9.05 Å². The number of hydrogen-bond acceptors (Lipinski definition) is 5. The van der Waals surface area contributed by atoms with Gasteiger partial charge in [-0.1, -0.05) is 173 Å². The predicted molar refractivity (Wildman–Crippen MR) is 267 cm³/mol. The van der Waals surface area contributed by atoms with Gasteiger partial charge in [0.25, 0.3) is 0 Å². The molecule has 9 heteroatoms. The van der Waals surface area contributed by atoms with Crippen molar-refractivity contribution in [1.82, 2.24) is 5.32 Å². The molecule has 0 spiro atoms. The van der Waals surface area contributed by atoms with Crippen molar-refractivity contribution >= 4 is 13.7 Å². The topological polar surface area (TPSA) is 105 Å². The van der Waals surface area contributed by atoms with Crippen LogP contribution in [-0.2, 0) is 18.4 Å². The molecule has 0 radical (unpaired) electrons. The minimum Gasteiger partial charge on any atom is -0.387 e. The standard InChI is InChI=1S/C53H87N2O6P/c1-6-8-10-12-14-15-16-17-18-19-20-21-22-23-24-25-26-27-28-29-30-31-32-33-34-35-36-37-38-39-41-43-45-47-53(57)54-51(52(56)46-44-42-40-13-11-9-7-2)50-61-62(58,59)60-49-48-55(3,4)5/h8,10-11,13-15,17-18,20-21,23-24,26-27,29-30,32-33,35-36,44,46,51-52,56H,6-7,9,12,16,19,22,25,28,31,34,37-43,45,47-50H2,1-5H3,(H-,54,57,58,59)/p+1/b10-8-,13-11+,15-14-,18-17-,21-20-,24-23-,27-26-,30-29-,33-32-,36-35-,46-44+. The zero-order chi connectivity index (χ0) is 45.7. The Bertz CT molecular complexity index is 1460. The van der Waals surface area contributed by atoms with Gasteiger partial charge in [-0.15, -0.1) is 0 Å². The Labute approximate surface area is 379 Å². The Morgan fingerprint density at radius 2 is 0.984 bits per heavy atom. The van der Waals surface area contributed by atoms with Gasteiger partial charge in [-0.25, -0.2) is 4.57 Å². The number of aliphatic hydroxyl groups excluding tert-OH is 1. The third-order valence-electron chi connectivity index (χ3n) is 9.34. The molecule has 0 aliphatic carbocycles. The van der Waals surface area contributed by atoms with E-state index in [1.807, 2.05) is 27.2 Å². The van der Waals surface area contributed by atoms with E-state index >= 15 is 0 Å². The van der Waals surface area contributed by atoms with Gasteiger partial charge in [0.05, 0.1) is 39.9 Å². The molecule has 0 aliphatic rings. The maximum absolute atomic E-state index is 12.8. The van der Waals surface area contributed by atoms with Crippen LogP contribution in [-0.4, -0.2) is 73.4 Å². The summed E-state index contributed by atoms with van der Waals surface area (Å²) in [5, 5.41) is 13.7. The number of carbonyl (C=O) groups excluding carboxylic acids is 1. The fraction of sp³-hybridized carbons (Fsp3) is 0.566. The predicted octanol–water partition coefficient (Wildman–Crippen LogP) is 13.6. The van der Waals surface area contributed by atoms with Crippen LogP contribution in [0.2, 0.25) is 0 Å². The Morgan fingerprint density at radius 1 is 0.565 bits per heavy atom. The van der Waals surface area contributed by atoms with Gasteiger partial charge in [0.15, 0.2) is 0 Å². The van der Waals surface area contributed by atoms with Gasteiger partial charge in [0, 0.05) is 6.42 Å². The number of phosphoric acid groups is 1. The summed E-state index contributed by atoms with van der Waals surface area (Å²) in [6.07, 6.45) is 65.7. The van der Waals surface area contributed by atoms with E-state index in [0.717, 1.165) is 122 Å². The second-order valence-electron chi connectivity index (χ2n) is 16.4. The second-order valence-corrected chi connectivity index (χ2v) is 17.8.